The second-order valence-electron chi connectivity index (χ2n) is 3.71. The number of benzene rings is 1. The average Bonchev–Trinajstić information content (AvgIpc) is 2.40. The van der Waals surface area contributed by atoms with Gasteiger partial charge in [0.25, 0.3) is 0 Å². The summed E-state index contributed by atoms with van der Waals surface area (Å²) >= 11 is 1.60. The molecule has 2 aromatic rings. The molecule has 3 nitrogen and oxygen atoms in total. The van der Waals surface area contributed by atoms with Crippen molar-refractivity contribution in [2.75, 3.05) is 7.11 Å². The van der Waals surface area contributed by atoms with Gasteiger partial charge in [0.2, 0.25) is 0 Å². The Morgan fingerprint density at radius 1 is 1.11 bits per heavy atom. The molecule has 0 N–H and O–H groups in total. The van der Waals surface area contributed by atoms with Crippen molar-refractivity contribution in [1.29, 1.82) is 0 Å². The summed E-state index contributed by atoms with van der Waals surface area (Å²) in [5.74, 6) is 0.820. The van der Waals surface area contributed by atoms with Crippen molar-refractivity contribution in [3.05, 3.63) is 48.3 Å². The first-order chi connectivity index (χ1) is 8.69. The van der Waals surface area contributed by atoms with Crippen LogP contribution in [-0.4, -0.2) is 17.9 Å². The normalized spacial score (nSPS) is 10.1. The predicted octanol–water partition coefficient (Wildman–Crippen LogP) is 3.44. The van der Waals surface area contributed by atoms with Gasteiger partial charge in [-0.15, -0.1) is 0 Å². The topological polar surface area (TPSA) is 39.2 Å². The molecule has 0 aliphatic rings. The van der Waals surface area contributed by atoms with E-state index in [4.69, 9.17) is 4.74 Å². The lowest BCUT2D eigenvalue weighted by molar-refractivity contribution is 0.101. The molecule has 0 fully saturated rings. The number of ether oxygens (including phenoxy) is 1. The highest BCUT2D eigenvalue weighted by Gasteiger charge is 2.02. The molecule has 0 unspecified atom stereocenters. The van der Waals surface area contributed by atoms with E-state index in [-0.39, 0.29) is 5.78 Å². The molecule has 0 atom stereocenters. The van der Waals surface area contributed by atoms with E-state index in [1.807, 2.05) is 30.3 Å². The Kier molecular flexibility index (Phi) is 3.99. The van der Waals surface area contributed by atoms with Gasteiger partial charge in [0.15, 0.2) is 5.78 Å². The van der Waals surface area contributed by atoms with Gasteiger partial charge in [-0.1, -0.05) is 11.8 Å². The molecule has 0 saturated heterocycles. The van der Waals surface area contributed by atoms with Gasteiger partial charge < -0.3 is 4.74 Å². The number of hydrogen-bond acceptors (Lipinski definition) is 4. The lowest BCUT2D eigenvalue weighted by Gasteiger charge is -2.03. The summed E-state index contributed by atoms with van der Waals surface area (Å²) in [5, 5.41) is 0. The van der Waals surface area contributed by atoms with Crippen molar-refractivity contribution >= 4 is 17.5 Å². The monoisotopic (exact) mass is 259 g/mol. The summed E-state index contributed by atoms with van der Waals surface area (Å²) in [4.78, 5) is 17.3. The van der Waals surface area contributed by atoms with Crippen LogP contribution >= 0.6 is 11.8 Å². The molecule has 18 heavy (non-hydrogen) atoms. The number of ketones is 1. The number of hydrogen-bond donors (Lipinski definition) is 0. The van der Waals surface area contributed by atoms with Gasteiger partial charge in [-0.25, -0.2) is 0 Å². The minimum absolute atomic E-state index is 0.0176. The number of methoxy groups -OCH3 is 1. The lowest BCUT2D eigenvalue weighted by Crippen LogP contribution is -1.95. The molecular formula is C14H13NO2S. The zero-order chi connectivity index (χ0) is 13.0. The Hall–Kier alpha value is -1.81. The van der Waals surface area contributed by atoms with Crippen molar-refractivity contribution in [3.8, 4) is 5.75 Å². The van der Waals surface area contributed by atoms with E-state index in [9.17, 15) is 4.79 Å². The third-order valence-corrected chi connectivity index (χ3v) is 3.38. The summed E-state index contributed by atoms with van der Waals surface area (Å²) < 4.78 is 5.10. The SMILES string of the molecule is COc1ccc(Sc2ccc(C(C)=O)nc2)cc1. The first-order valence-corrected chi connectivity index (χ1v) is 6.29. The van der Waals surface area contributed by atoms with Crippen LogP contribution in [0.5, 0.6) is 5.75 Å². The molecular weight excluding hydrogens is 246 g/mol. The summed E-state index contributed by atoms with van der Waals surface area (Å²) in [7, 11) is 1.65. The Balaban J connectivity index is 2.10. The van der Waals surface area contributed by atoms with Crippen molar-refractivity contribution in [3.63, 3.8) is 0 Å². The fraction of sp³-hybridized carbons (Fsp3) is 0.143. The van der Waals surface area contributed by atoms with Gasteiger partial charge in [0.1, 0.15) is 11.4 Å². The highest BCUT2D eigenvalue weighted by Crippen LogP contribution is 2.28. The Labute approximate surface area is 110 Å². The number of aromatic nitrogens is 1. The van der Waals surface area contributed by atoms with Crippen LogP contribution in [0, 0.1) is 0 Å². The highest BCUT2D eigenvalue weighted by molar-refractivity contribution is 7.99. The number of nitrogens with zero attached hydrogens (tertiary/aromatic N) is 1. The maximum absolute atomic E-state index is 11.1. The lowest BCUT2D eigenvalue weighted by atomic mass is 10.3. The van der Waals surface area contributed by atoms with Crippen molar-refractivity contribution in [2.24, 2.45) is 0 Å². The van der Waals surface area contributed by atoms with Gasteiger partial charge in [-0.3, -0.25) is 9.78 Å². The van der Waals surface area contributed by atoms with Crippen LogP contribution in [0.3, 0.4) is 0 Å². The largest absolute Gasteiger partial charge is 0.497 e. The van der Waals surface area contributed by atoms with E-state index >= 15 is 0 Å². The number of carbonyl (C=O) groups is 1. The molecule has 0 bridgehead atoms. The maximum atomic E-state index is 11.1. The number of carbonyl (C=O) groups excluding carboxylic acids is 1. The molecule has 0 aliphatic heterocycles. The van der Waals surface area contributed by atoms with Crippen molar-refractivity contribution in [1.82, 2.24) is 4.98 Å². The molecule has 2 rings (SSSR count). The van der Waals surface area contributed by atoms with Crippen LogP contribution in [-0.2, 0) is 0 Å². The fourth-order valence-corrected chi connectivity index (χ4v) is 2.21. The van der Waals surface area contributed by atoms with E-state index in [1.54, 1.807) is 31.1 Å². The first-order valence-electron chi connectivity index (χ1n) is 5.48. The summed E-state index contributed by atoms with van der Waals surface area (Å²) in [5.41, 5.74) is 0.495. The van der Waals surface area contributed by atoms with Gasteiger partial charge in [0, 0.05) is 22.9 Å². The van der Waals surface area contributed by atoms with Gasteiger partial charge in [-0.05, 0) is 36.4 Å². The zero-order valence-corrected chi connectivity index (χ0v) is 11.0. The van der Waals surface area contributed by atoms with E-state index in [0.29, 0.717) is 5.69 Å². The minimum Gasteiger partial charge on any atom is -0.497 e. The van der Waals surface area contributed by atoms with E-state index in [0.717, 1.165) is 15.5 Å². The van der Waals surface area contributed by atoms with E-state index in [2.05, 4.69) is 4.98 Å². The molecule has 92 valence electrons. The van der Waals surface area contributed by atoms with Crippen molar-refractivity contribution in [2.45, 2.75) is 16.7 Å². The molecule has 0 radical (unpaired) electrons. The Bertz CT molecular complexity index is 535. The standard InChI is InChI=1S/C14H13NO2S/c1-10(16)14-8-7-13(9-15-14)18-12-5-3-11(17-2)4-6-12/h3-9H,1-2H3. The molecule has 1 aromatic heterocycles. The van der Waals surface area contributed by atoms with Crippen LogP contribution in [0.2, 0.25) is 0 Å². The van der Waals surface area contributed by atoms with Crippen LogP contribution in [0.25, 0.3) is 0 Å². The minimum atomic E-state index is -0.0176. The van der Waals surface area contributed by atoms with Crippen LogP contribution in [0.15, 0.2) is 52.4 Å². The van der Waals surface area contributed by atoms with E-state index < -0.39 is 0 Å². The summed E-state index contributed by atoms with van der Waals surface area (Å²) in [6.45, 7) is 1.51. The number of rotatable bonds is 4. The number of pyridine rings is 1. The number of Topliss-reactive ketones (excluding diaryl/α,β-unsaturated/α-hetero) is 1. The molecule has 0 amide bonds. The fourth-order valence-electron chi connectivity index (χ4n) is 1.43. The Morgan fingerprint density at radius 3 is 2.28 bits per heavy atom. The molecule has 4 heteroatoms. The van der Waals surface area contributed by atoms with Crippen LogP contribution < -0.4 is 4.74 Å². The van der Waals surface area contributed by atoms with E-state index in [1.165, 1.54) is 6.92 Å². The smallest absolute Gasteiger partial charge is 0.178 e. The molecule has 1 aromatic carbocycles. The average molecular weight is 259 g/mol. The molecule has 1 heterocycles. The van der Waals surface area contributed by atoms with Crippen LogP contribution in [0.1, 0.15) is 17.4 Å². The quantitative estimate of drug-likeness (QED) is 0.788. The molecule has 0 spiro atoms. The highest BCUT2D eigenvalue weighted by atomic mass is 32.2. The third kappa shape index (κ3) is 3.11. The summed E-state index contributed by atoms with van der Waals surface area (Å²) in [6, 6.07) is 11.5. The predicted molar refractivity (Wildman–Crippen MR) is 71.4 cm³/mol. The van der Waals surface area contributed by atoms with Crippen molar-refractivity contribution < 1.29 is 9.53 Å². The van der Waals surface area contributed by atoms with Gasteiger partial charge in [-0.2, -0.15) is 0 Å². The molecule has 0 saturated carbocycles. The Morgan fingerprint density at radius 2 is 1.78 bits per heavy atom. The second-order valence-corrected chi connectivity index (χ2v) is 4.86. The zero-order valence-electron chi connectivity index (χ0n) is 10.2. The molecule has 0 aliphatic carbocycles. The van der Waals surface area contributed by atoms with Crippen LogP contribution in [0.4, 0.5) is 0 Å². The third-order valence-electron chi connectivity index (χ3n) is 2.39. The van der Waals surface area contributed by atoms with Gasteiger partial charge >= 0.3 is 0 Å². The first kappa shape index (κ1) is 12.6. The summed E-state index contributed by atoms with van der Waals surface area (Å²) in [6.07, 6.45) is 1.71. The van der Waals surface area contributed by atoms with Gasteiger partial charge in [0.05, 0.1) is 7.11 Å². The maximum Gasteiger partial charge on any atom is 0.178 e. The second kappa shape index (κ2) is 5.69.